The zero-order valence-electron chi connectivity index (χ0n) is 12.5. The molecule has 0 saturated carbocycles. The molecule has 1 aliphatic heterocycles. The average molecular weight is 365 g/mol. The number of benzene rings is 1. The maximum Gasteiger partial charge on any atom is 0.490 e. The number of ether oxygens (including phenoxy) is 1. The summed E-state index contributed by atoms with van der Waals surface area (Å²) in [7, 11) is 0. The van der Waals surface area contributed by atoms with Crippen LogP contribution in [0.25, 0.3) is 0 Å². The Morgan fingerprint density at radius 2 is 1.68 bits per heavy atom. The molecule has 25 heavy (non-hydrogen) atoms. The van der Waals surface area contributed by atoms with E-state index >= 15 is 0 Å². The van der Waals surface area contributed by atoms with E-state index in [1.807, 2.05) is 0 Å². The van der Waals surface area contributed by atoms with Crippen LogP contribution in [-0.4, -0.2) is 58.1 Å². The molecule has 8 nitrogen and oxygen atoms in total. The van der Waals surface area contributed by atoms with Gasteiger partial charge in [0.25, 0.3) is 0 Å². The fourth-order valence-electron chi connectivity index (χ4n) is 1.91. The highest BCUT2D eigenvalue weighted by Gasteiger charge is 2.38. The lowest BCUT2D eigenvalue weighted by Crippen LogP contribution is -2.30. The van der Waals surface area contributed by atoms with Crippen molar-refractivity contribution in [3.8, 4) is 5.75 Å². The second kappa shape index (κ2) is 8.33. The third kappa shape index (κ3) is 6.30. The maximum atomic E-state index is 11.0. The van der Waals surface area contributed by atoms with Crippen molar-refractivity contribution in [3.05, 3.63) is 29.8 Å². The van der Waals surface area contributed by atoms with Gasteiger partial charge in [0.2, 0.25) is 0 Å². The van der Waals surface area contributed by atoms with Crippen LogP contribution in [-0.2, 0) is 9.59 Å². The first-order valence-corrected chi connectivity index (χ1v) is 6.77. The topological polar surface area (TPSA) is 133 Å². The van der Waals surface area contributed by atoms with Crippen molar-refractivity contribution in [2.45, 2.75) is 24.7 Å². The van der Waals surface area contributed by atoms with E-state index < -0.39 is 30.1 Å². The van der Waals surface area contributed by atoms with E-state index in [4.69, 9.17) is 24.9 Å². The monoisotopic (exact) mass is 365 g/mol. The van der Waals surface area contributed by atoms with Gasteiger partial charge in [0.15, 0.2) is 0 Å². The van der Waals surface area contributed by atoms with E-state index in [0.29, 0.717) is 13.0 Å². The van der Waals surface area contributed by atoms with Gasteiger partial charge in [-0.05, 0) is 12.1 Å². The maximum absolute atomic E-state index is 11.0. The fraction of sp³-hybridized carbons (Fsp3) is 0.357. The number of carbonyl (C=O) groups is 3. The van der Waals surface area contributed by atoms with Gasteiger partial charge < -0.3 is 25.4 Å². The molecule has 0 radical (unpaired) electrons. The number of carboxylic acids is 3. The smallest absolute Gasteiger partial charge is 0.488 e. The second-order valence-corrected chi connectivity index (χ2v) is 4.88. The van der Waals surface area contributed by atoms with Crippen molar-refractivity contribution in [2.24, 2.45) is 0 Å². The van der Waals surface area contributed by atoms with Gasteiger partial charge >= 0.3 is 24.1 Å². The number of nitrogens with one attached hydrogen (secondary N) is 1. The molecule has 1 heterocycles. The first-order chi connectivity index (χ1) is 11.5. The first-order valence-electron chi connectivity index (χ1n) is 6.77. The fourth-order valence-corrected chi connectivity index (χ4v) is 1.91. The molecule has 0 aromatic heterocycles. The molecular formula is C14H14F3NO7. The van der Waals surface area contributed by atoms with Gasteiger partial charge in [-0.3, -0.25) is 4.79 Å². The van der Waals surface area contributed by atoms with Crippen molar-refractivity contribution in [3.63, 3.8) is 0 Å². The molecular weight excluding hydrogens is 351 g/mol. The van der Waals surface area contributed by atoms with E-state index in [1.165, 1.54) is 6.07 Å². The Morgan fingerprint density at radius 3 is 2.12 bits per heavy atom. The average Bonchev–Trinajstić information content (AvgIpc) is 2.96. The van der Waals surface area contributed by atoms with Crippen LogP contribution in [0.15, 0.2) is 24.3 Å². The van der Waals surface area contributed by atoms with Gasteiger partial charge in [0, 0.05) is 13.0 Å². The predicted octanol–water partition coefficient (Wildman–Crippen LogP) is 1.21. The van der Waals surface area contributed by atoms with Gasteiger partial charge in [0.05, 0.1) is 0 Å². The Hall–Kier alpha value is -2.82. The van der Waals surface area contributed by atoms with Crippen LogP contribution in [0.4, 0.5) is 13.2 Å². The molecule has 0 unspecified atom stereocenters. The highest BCUT2D eigenvalue weighted by molar-refractivity contribution is 5.90. The van der Waals surface area contributed by atoms with E-state index in [-0.39, 0.29) is 17.4 Å². The number of aliphatic carboxylic acids is 2. The zero-order chi connectivity index (χ0) is 19.2. The molecule has 11 heteroatoms. The second-order valence-electron chi connectivity index (χ2n) is 4.88. The molecule has 0 bridgehead atoms. The summed E-state index contributed by atoms with van der Waals surface area (Å²) < 4.78 is 37.3. The molecule has 2 rings (SSSR count). The Morgan fingerprint density at radius 1 is 1.12 bits per heavy atom. The van der Waals surface area contributed by atoms with E-state index in [9.17, 15) is 22.8 Å². The lowest BCUT2D eigenvalue weighted by atomic mass is 10.2. The minimum absolute atomic E-state index is 0.0799. The van der Waals surface area contributed by atoms with E-state index in [0.717, 1.165) is 0 Å². The summed E-state index contributed by atoms with van der Waals surface area (Å²) in [5, 5.41) is 27.7. The number of alkyl halides is 3. The summed E-state index contributed by atoms with van der Waals surface area (Å²) >= 11 is 0. The quantitative estimate of drug-likeness (QED) is 0.626. The van der Waals surface area contributed by atoms with Gasteiger partial charge in [-0.1, -0.05) is 12.1 Å². The number of rotatable bonds is 4. The Labute approximate surface area is 138 Å². The highest BCUT2D eigenvalue weighted by Crippen LogP contribution is 2.22. The molecule has 138 valence electrons. The van der Waals surface area contributed by atoms with Crippen molar-refractivity contribution in [2.75, 3.05) is 6.54 Å². The number of hydrogen-bond acceptors (Lipinski definition) is 5. The molecule has 2 atom stereocenters. The SMILES string of the molecule is O=C(O)C(F)(F)F.O=C(O)c1ccccc1O[C@H]1CN[C@H](C(=O)O)C1. The number of aromatic carboxylic acids is 1. The van der Waals surface area contributed by atoms with E-state index in [1.54, 1.807) is 18.2 Å². The Kier molecular flexibility index (Phi) is 6.74. The summed E-state index contributed by atoms with van der Waals surface area (Å²) in [6.45, 7) is 0.394. The minimum Gasteiger partial charge on any atom is -0.488 e. The normalized spacial score (nSPS) is 19.5. The highest BCUT2D eigenvalue weighted by atomic mass is 19.4. The number of carboxylic acid groups (broad SMARTS) is 3. The summed E-state index contributed by atoms with van der Waals surface area (Å²) in [4.78, 5) is 30.6. The van der Waals surface area contributed by atoms with Crippen LogP contribution in [0, 0.1) is 0 Å². The molecule has 1 saturated heterocycles. The summed E-state index contributed by atoms with van der Waals surface area (Å²) in [6.07, 6.45) is -5.09. The first kappa shape index (κ1) is 20.2. The van der Waals surface area contributed by atoms with Crippen molar-refractivity contribution >= 4 is 17.9 Å². The van der Waals surface area contributed by atoms with E-state index in [2.05, 4.69) is 5.32 Å². The molecule has 0 amide bonds. The predicted molar refractivity (Wildman–Crippen MR) is 75.6 cm³/mol. The third-order valence-corrected chi connectivity index (χ3v) is 3.04. The lowest BCUT2D eigenvalue weighted by Gasteiger charge is -2.14. The zero-order valence-corrected chi connectivity index (χ0v) is 12.5. The van der Waals surface area contributed by atoms with Gasteiger partial charge in [-0.2, -0.15) is 13.2 Å². The molecule has 1 aliphatic rings. The van der Waals surface area contributed by atoms with Crippen LogP contribution in [0.1, 0.15) is 16.8 Å². The molecule has 0 spiro atoms. The minimum atomic E-state index is -5.08. The van der Waals surface area contributed by atoms with Crippen molar-refractivity contribution in [1.29, 1.82) is 0 Å². The Bertz CT molecular complexity index is 648. The molecule has 1 aromatic carbocycles. The standard InChI is InChI=1S/C12H13NO5.C2HF3O2/c14-11(15)8-3-1-2-4-10(8)18-7-5-9(12(16)17)13-6-7;3-2(4,5)1(6)7/h1-4,7,9,13H,5-6H2,(H,14,15)(H,16,17);(H,6,7)/t7-,9+;/m1./s1. The van der Waals surface area contributed by atoms with Crippen molar-refractivity contribution < 1.29 is 47.6 Å². The van der Waals surface area contributed by atoms with Gasteiger partial charge in [0.1, 0.15) is 23.5 Å². The number of hydrogen-bond donors (Lipinski definition) is 4. The van der Waals surface area contributed by atoms with Crippen LogP contribution >= 0.6 is 0 Å². The van der Waals surface area contributed by atoms with Crippen LogP contribution in [0.3, 0.4) is 0 Å². The Balaban J connectivity index is 0.000000381. The van der Waals surface area contributed by atoms with Crippen molar-refractivity contribution in [1.82, 2.24) is 5.32 Å². The third-order valence-electron chi connectivity index (χ3n) is 3.04. The summed E-state index contributed by atoms with van der Waals surface area (Å²) in [5.41, 5.74) is 0.0799. The molecule has 4 N–H and O–H groups in total. The van der Waals surface area contributed by atoms with Crippen LogP contribution in [0.2, 0.25) is 0 Å². The molecule has 0 aliphatic carbocycles. The number of para-hydroxylation sites is 1. The number of halogens is 3. The van der Waals surface area contributed by atoms with Gasteiger partial charge in [-0.15, -0.1) is 0 Å². The lowest BCUT2D eigenvalue weighted by molar-refractivity contribution is -0.192. The van der Waals surface area contributed by atoms with Gasteiger partial charge in [-0.25, -0.2) is 9.59 Å². The van der Waals surface area contributed by atoms with Crippen LogP contribution in [0.5, 0.6) is 5.75 Å². The largest absolute Gasteiger partial charge is 0.490 e. The van der Waals surface area contributed by atoms with Crippen LogP contribution < -0.4 is 10.1 Å². The molecule has 1 fully saturated rings. The summed E-state index contributed by atoms with van der Waals surface area (Å²) in [6, 6.07) is 5.68. The summed E-state index contributed by atoms with van der Waals surface area (Å²) in [5.74, 6) is -4.48. The molecule has 1 aromatic rings.